The van der Waals surface area contributed by atoms with Crippen LogP contribution in [0.1, 0.15) is 53.3 Å². The van der Waals surface area contributed by atoms with Gasteiger partial charge in [-0.2, -0.15) is 9.29 Å². The van der Waals surface area contributed by atoms with Gasteiger partial charge in [0.05, 0.1) is 10.5 Å². The molecule has 0 unspecified atom stereocenters. The maximum Gasteiger partial charge on any atom is 0.259 e. The fraction of sp³-hybridized carbons (Fsp3) is 0.375. The van der Waals surface area contributed by atoms with E-state index in [0.29, 0.717) is 47.4 Å². The van der Waals surface area contributed by atoms with Crippen molar-refractivity contribution in [2.75, 3.05) is 18.4 Å². The van der Waals surface area contributed by atoms with Crippen molar-refractivity contribution in [3.05, 3.63) is 65.3 Å². The molecule has 0 atom stereocenters. The average Bonchev–Trinajstić information content (AvgIpc) is 3.06. The van der Waals surface area contributed by atoms with E-state index in [0.717, 1.165) is 25.7 Å². The largest absolute Gasteiger partial charge is 0.485 e. The number of aromatic nitrogens is 2. The topological polar surface area (TPSA) is 115 Å². The lowest BCUT2D eigenvalue weighted by molar-refractivity contribution is 0.102. The molecule has 180 valence electrons. The zero-order valence-electron chi connectivity index (χ0n) is 19.3. The van der Waals surface area contributed by atoms with Gasteiger partial charge in [0.2, 0.25) is 21.7 Å². The highest BCUT2D eigenvalue weighted by molar-refractivity contribution is 7.89. The molecule has 1 aliphatic heterocycles. The van der Waals surface area contributed by atoms with Crippen molar-refractivity contribution in [1.29, 1.82) is 0 Å². The lowest BCUT2D eigenvalue weighted by Crippen LogP contribution is -2.32. The predicted octanol–water partition coefficient (Wildman–Crippen LogP) is 4.08. The fourth-order valence-electron chi connectivity index (χ4n) is 3.90. The Hall–Kier alpha value is -3.24. The van der Waals surface area contributed by atoms with E-state index in [-0.39, 0.29) is 11.5 Å². The van der Waals surface area contributed by atoms with Gasteiger partial charge in [-0.15, -0.1) is 0 Å². The lowest BCUT2D eigenvalue weighted by Gasteiger charge is -2.21. The van der Waals surface area contributed by atoms with Gasteiger partial charge in [0.15, 0.2) is 6.61 Å². The zero-order valence-corrected chi connectivity index (χ0v) is 20.1. The Morgan fingerprint density at radius 1 is 1.09 bits per heavy atom. The molecule has 1 aliphatic rings. The maximum atomic E-state index is 13.3. The molecule has 9 nitrogen and oxygen atoms in total. The minimum atomic E-state index is -3.65. The number of anilines is 1. The average molecular weight is 485 g/mol. The first-order chi connectivity index (χ1) is 16.3. The van der Waals surface area contributed by atoms with E-state index in [9.17, 15) is 13.2 Å². The first-order valence-electron chi connectivity index (χ1n) is 11.3. The van der Waals surface area contributed by atoms with Crippen LogP contribution in [-0.4, -0.2) is 41.9 Å². The van der Waals surface area contributed by atoms with Crippen LogP contribution in [0.4, 0.5) is 5.69 Å². The minimum Gasteiger partial charge on any atom is -0.485 e. The van der Waals surface area contributed by atoms with E-state index < -0.39 is 15.9 Å². The van der Waals surface area contributed by atoms with Gasteiger partial charge in [0.1, 0.15) is 5.75 Å². The molecule has 0 saturated carbocycles. The highest BCUT2D eigenvalue weighted by Crippen LogP contribution is 2.27. The molecular weight excluding hydrogens is 456 g/mol. The summed E-state index contributed by atoms with van der Waals surface area (Å²) in [7, 11) is -3.65. The molecule has 0 radical (unpaired) electrons. The number of hydrogen-bond acceptors (Lipinski definition) is 7. The van der Waals surface area contributed by atoms with Crippen LogP contribution in [0.15, 0.2) is 51.9 Å². The van der Waals surface area contributed by atoms with E-state index in [1.807, 2.05) is 0 Å². The van der Waals surface area contributed by atoms with E-state index in [2.05, 4.69) is 15.5 Å². The normalized spacial score (nSPS) is 15.0. The Bertz CT molecular complexity index is 1260. The van der Waals surface area contributed by atoms with E-state index in [1.54, 1.807) is 54.6 Å². The Kier molecular flexibility index (Phi) is 7.28. The van der Waals surface area contributed by atoms with Crippen molar-refractivity contribution >= 4 is 21.6 Å². The van der Waals surface area contributed by atoms with Crippen LogP contribution < -0.4 is 10.1 Å². The van der Waals surface area contributed by atoms with Crippen molar-refractivity contribution in [1.82, 2.24) is 14.4 Å². The van der Waals surface area contributed by atoms with Crippen LogP contribution in [0, 0.1) is 13.8 Å². The monoisotopic (exact) mass is 484 g/mol. The summed E-state index contributed by atoms with van der Waals surface area (Å²) in [4.78, 5) is 17.3. The number of carbonyl (C=O) groups is 1. The number of amides is 1. The SMILES string of the molecule is Cc1nc(COc2ccccc2C(=O)Nc2ccc(C)c(S(=O)(=O)N3CCCCCC3)c2)no1. The minimum absolute atomic E-state index is 0.0460. The van der Waals surface area contributed by atoms with Gasteiger partial charge >= 0.3 is 0 Å². The van der Waals surface area contributed by atoms with E-state index >= 15 is 0 Å². The molecule has 1 saturated heterocycles. The van der Waals surface area contributed by atoms with Crippen LogP contribution in [0.5, 0.6) is 5.75 Å². The molecule has 4 rings (SSSR count). The van der Waals surface area contributed by atoms with Gasteiger partial charge in [0.25, 0.3) is 5.91 Å². The number of benzene rings is 2. The Balaban J connectivity index is 1.53. The summed E-state index contributed by atoms with van der Waals surface area (Å²) in [5, 5.41) is 6.59. The quantitative estimate of drug-likeness (QED) is 0.537. The molecule has 34 heavy (non-hydrogen) atoms. The fourth-order valence-corrected chi connectivity index (χ4v) is 5.67. The molecule has 1 N–H and O–H groups in total. The van der Waals surface area contributed by atoms with Crippen molar-refractivity contribution in [2.24, 2.45) is 0 Å². The number of sulfonamides is 1. The maximum absolute atomic E-state index is 13.3. The summed E-state index contributed by atoms with van der Waals surface area (Å²) in [6.07, 6.45) is 3.79. The van der Waals surface area contributed by atoms with Crippen LogP contribution in [-0.2, 0) is 16.6 Å². The summed E-state index contributed by atoms with van der Waals surface area (Å²) < 4.78 is 38.9. The number of aryl methyl sites for hydroxylation is 2. The third-order valence-electron chi connectivity index (χ3n) is 5.69. The summed E-state index contributed by atoms with van der Waals surface area (Å²) in [6, 6.07) is 11.7. The van der Waals surface area contributed by atoms with Gasteiger partial charge in [-0.3, -0.25) is 4.79 Å². The van der Waals surface area contributed by atoms with Crippen molar-refractivity contribution in [2.45, 2.75) is 51.0 Å². The number of nitrogens with one attached hydrogen (secondary N) is 1. The lowest BCUT2D eigenvalue weighted by atomic mass is 10.1. The second kappa shape index (κ2) is 10.4. The summed E-state index contributed by atoms with van der Waals surface area (Å²) in [5.74, 6) is 0.735. The van der Waals surface area contributed by atoms with Crippen molar-refractivity contribution in [3.8, 4) is 5.75 Å². The predicted molar refractivity (Wildman–Crippen MR) is 126 cm³/mol. The van der Waals surface area contributed by atoms with Crippen molar-refractivity contribution in [3.63, 3.8) is 0 Å². The summed E-state index contributed by atoms with van der Waals surface area (Å²) in [5.41, 5.74) is 1.34. The van der Waals surface area contributed by atoms with E-state index in [4.69, 9.17) is 9.26 Å². The van der Waals surface area contributed by atoms with Crippen LogP contribution in [0.3, 0.4) is 0 Å². The molecule has 0 bridgehead atoms. The first kappa shape index (κ1) is 23.9. The molecule has 1 amide bonds. The number of hydrogen-bond donors (Lipinski definition) is 1. The number of carbonyl (C=O) groups excluding carboxylic acids is 1. The highest BCUT2D eigenvalue weighted by Gasteiger charge is 2.27. The van der Waals surface area contributed by atoms with Crippen molar-refractivity contribution < 1.29 is 22.5 Å². The molecule has 10 heteroatoms. The van der Waals surface area contributed by atoms with Gasteiger partial charge in [-0.25, -0.2) is 8.42 Å². The number of rotatable bonds is 7. The third-order valence-corrected chi connectivity index (χ3v) is 7.73. The molecular formula is C24H28N4O5S. The number of ether oxygens (including phenoxy) is 1. The van der Waals surface area contributed by atoms with Gasteiger partial charge < -0.3 is 14.6 Å². The van der Waals surface area contributed by atoms with Gasteiger partial charge in [0, 0.05) is 25.7 Å². The Labute approximate surface area is 199 Å². The molecule has 1 aromatic heterocycles. The second-order valence-electron chi connectivity index (χ2n) is 8.27. The summed E-state index contributed by atoms with van der Waals surface area (Å²) >= 11 is 0. The Morgan fingerprint density at radius 2 is 1.82 bits per heavy atom. The number of nitrogens with zero attached hydrogens (tertiary/aromatic N) is 3. The standard InChI is InChI=1S/C24H28N4O5S/c1-17-11-12-19(15-22(17)34(30,31)28-13-7-3-4-8-14-28)26-24(29)20-9-5-6-10-21(20)32-16-23-25-18(2)33-27-23/h5-6,9-12,15H,3-4,7-8,13-14,16H2,1-2H3,(H,26,29). The van der Waals surface area contributed by atoms with Crippen LogP contribution in [0.25, 0.3) is 0 Å². The molecule has 1 fully saturated rings. The molecule has 2 heterocycles. The molecule has 0 aliphatic carbocycles. The van der Waals surface area contributed by atoms with E-state index in [1.165, 1.54) is 6.07 Å². The number of para-hydroxylation sites is 1. The Morgan fingerprint density at radius 3 is 2.53 bits per heavy atom. The smallest absolute Gasteiger partial charge is 0.259 e. The van der Waals surface area contributed by atoms with Gasteiger partial charge in [-0.1, -0.05) is 36.2 Å². The molecule has 2 aromatic carbocycles. The van der Waals surface area contributed by atoms with Crippen LogP contribution >= 0.6 is 0 Å². The molecule has 3 aromatic rings. The molecule has 0 spiro atoms. The third kappa shape index (κ3) is 5.45. The first-order valence-corrected chi connectivity index (χ1v) is 12.7. The van der Waals surface area contributed by atoms with Gasteiger partial charge in [-0.05, 0) is 49.6 Å². The van der Waals surface area contributed by atoms with Crippen LogP contribution in [0.2, 0.25) is 0 Å². The zero-order chi connectivity index (χ0) is 24.1. The highest BCUT2D eigenvalue weighted by atomic mass is 32.2. The second-order valence-corrected chi connectivity index (χ2v) is 10.2. The summed E-state index contributed by atoms with van der Waals surface area (Å²) in [6.45, 7) is 4.52.